The molecule has 2 N–H and O–H groups in total. The monoisotopic (exact) mass is 466 g/mol. The topological polar surface area (TPSA) is 61.3 Å². The molecule has 0 saturated carbocycles. The van der Waals surface area contributed by atoms with Crippen LogP contribution in [0.2, 0.25) is 0 Å². The minimum Gasteiger partial charge on any atom is -0.505 e. The summed E-state index contributed by atoms with van der Waals surface area (Å²) in [6, 6.07) is 14.6. The van der Waals surface area contributed by atoms with Crippen molar-refractivity contribution in [3.05, 3.63) is 88.7 Å². The predicted octanol–water partition coefficient (Wildman–Crippen LogP) is 6.06. The van der Waals surface area contributed by atoms with Gasteiger partial charge in [0.25, 0.3) is 0 Å². The van der Waals surface area contributed by atoms with Crippen molar-refractivity contribution in [2.45, 2.75) is 26.1 Å². The van der Waals surface area contributed by atoms with E-state index in [4.69, 9.17) is 0 Å². The fourth-order valence-electron chi connectivity index (χ4n) is 3.78. The summed E-state index contributed by atoms with van der Waals surface area (Å²) >= 11 is 0. The van der Waals surface area contributed by atoms with Crippen LogP contribution in [0.15, 0.2) is 60.8 Å². The van der Waals surface area contributed by atoms with E-state index in [1.165, 1.54) is 6.07 Å². The van der Waals surface area contributed by atoms with Gasteiger partial charge in [-0.05, 0) is 62.5 Å². The first-order chi connectivity index (χ1) is 16.1. The van der Waals surface area contributed by atoms with E-state index in [1.54, 1.807) is 18.3 Å². The smallest absolute Gasteiger partial charge is 0.416 e. The Hall–Kier alpha value is -3.65. The van der Waals surface area contributed by atoms with Crippen molar-refractivity contribution < 1.29 is 18.3 Å². The molecule has 4 aromatic rings. The second-order valence-corrected chi connectivity index (χ2v) is 8.58. The lowest BCUT2D eigenvalue weighted by molar-refractivity contribution is -0.137. The number of halogens is 3. The molecule has 0 spiro atoms. The van der Waals surface area contributed by atoms with Crippen LogP contribution in [0, 0.1) is 6.92 Å². The zero-order chi connectivity index (χ0) is 24.5. The summed E-state index contributed by atoms with van der Waals surface area (Å²) in [7, 11) is 3.87. The number of aromatic nitrogens is 2. The number of fused-ring (bicyclic) bond motifs is 1. The van der Waals surface area contributed by atoms with E-state index in [9.17, 15) is 18.3 Å². The van der Waals surface area contributed by atoms with Gasteiger partial charge in [-0.2, -0.15) is 13.2 Å². The molecular formula is C26H25F3N4O. The number of hydrogen-bond donors (Lipinski definition) is 2. The summed E-state index contributed by atoms with van der Waals surface area (Å²) < 4.78 is 40.2. The van der Waals surface area contributed by atoms with E-state index in [-0.39, 0.29) is 17.9 Å². The minimum atomic E-state index is -4.48. The molecule has 176 valence electrons. The number of nitrogens with one attached hydrogen (secondary N) is 1. The average molecular weight is 467 g/mol. The molecule has 0 amide bonds. The van der Waals surface area contributed by atoms with Crippen LogP contribution < -0.4 is 5.32 Å². The quantitative estimate of drug-likeness (QED) is 0.362. The molecule has 8 heteroatoms. The van der Waals surface area contributed by atoms with Crippen LogP contribution in [0.1, 0.15) is 27.9 Å². The second-order valence-electron chi connectivity index (χ2n) is 8.58. The standard InChI is InChI=1S/C26H25F3N4O/c1-16-10-11-30-23(12-16)32-22-14-20(26(27,28)29)8-6-18(22)13-19-5-4-17-7-9-21(15-33(2)3)31-24(17)25(19)34/h4-12,14,34H,13,15H2,1-3H3,(H,30,32). The van der Waals surface area contributed by atoms with Gasteiger partial charge >= 0.3 is 6.18 Å². The molecule has 0 unspecified atom stereocenters. The lowest BCUT2D eigenvalue weighted by Crippen LogP contribution is -2.11. The lowest BCUT2D eigenvalue weighted by Gasteiger charge is -2.16. The van der Waals surface area contributed by atoms with Crippen molar-refractivity contribution in [1.82, 2.24) is 14.9 Å². The molecule has 34 heavy (non-hydrogen) atoms. The molecule has 2 heterocycles. The molecule has 0 fully saturated rings. The van der Waals surface area contributed by atoms with E-state index in [1.807, 2.05) is 50.2 Å². The van der Waals surface area contributed by atoms with E-state index in [0.29, 0.717) is 29.0 Å². The summed E-state index contributed by atoms with van der Waals surface area (Å²) in [5.74, 6) is 0.468. The van der Waals surface area contributed by atoms with E-state index in [2.05, 4.69) is 15.3 Å². The van der Waals surface area contributed by atoms with Crippen molar-refractivity contribution in [2.75, 3.05) is 19.4 Å². The highest BCUT2D eigenvalue weighted by Gasteiger charge is 2.31. The number of aryl methyl sites for hydroxylation is 1. The number of nitrogens with zero attached hydrogens (tertiary/aromatic N) is 3. The third kappa shape index (κ3) is 5.28. The Kier molecular flexibility index (Phi) is 6.43. The molecule has 4 rings (SSSR count). The van der Waals surface area contributed by atoms with Crippen LogP contribution in [-0.2, 0) is 19.1 Å². The average Bonchev–Trinajstić information content (AvgIpc) is 2.76. The van der Waals surface area contributed by atoms with Crippen molar-refractivity contribution in [3.63, 3.8) is 0 Å². The maximum absolute atomic E-state index is 13.4. The SMILES string of the molecule is Cc1ccnc(Nc2cc(C(F)(F)F)ccc2Cc2ccc3ccc(CN(C)C)nc3c2O)c1. The number of alkyl halides is 3. The van der Waals surface area contributed by atoms with E-state index < -0.39 is 11.7 Å². The van der Waals surface area contributed by atoms with Gasteiger partial charge in [0, 0.05) is 35.8 Å². The van der Waals surface area contributed by atoms with Gasteiger partial charge in [-0.25, -0.2) is 9.97 Å². The van der Waals surface area contributed by atoms with Gasteiger partial charge in [0.15, 0.2) is 0 Å². The first-order valence-corrected chi connectivity index (χ1v) is 10.7. The van der Waals surface area contributed by atoms with Gasteiger partial charge in [-0.3, -0.25) is 0 Å². The normalized spacial score (nSPS) is 11.9. The van der Waals surface area contributed by atoms with Crippen LogP contribution in [-0.4, -0.2) is 34.1 Å². The van der Waals surface area contributed by atoms with E-state index >= 15 is 0 Å². The number of phenols is 1. The molecule has 0 aliphatic rings. The highest BCUT2D eigenvalue weighted by molar-refractivity contribution is 5.86. The number of pyridine rings is 2. The molecular weight excluding hydrogens is 441 g/mol. The zero-order valence-electron chi connectivity index (χ0n) is 19.1. The maximum atomic E-state index is 13.4. The van der Waals surface area contributed by atoms with Gasteiger partial charge in [0.1, 0.15) is 17.1 Å². The van der Waals surface area contributed by atoms with Crippen molar-refractivity contribution in [3.8, 4) is 5.75 Å². The van der Waals surface area contributed by atoms with Crippen molar-refractivity contribution in [2.24, 2.45) is 0 Å². The Labute approximate surface area is 195 Å². The Morgan fingerprint density at radius 2 is 1.71 bits per heavy atom. The third-order valence-electron chi connectivity index (χ3n) is 5.45. The molecule has 2 aromatic carbocycles. The number of rotatable bonds is 6. The molecule has 0 bridgehead atoms. The van der Waals surface area contributed by atoms with Crippen molar-refractivity contribution >= 4 is 22.4 Å². The number of benzene rings is 2. The lowest BCUT2D eigenvalue weighted by atomic mass is 9.98. The molecule has 0 saturated heterocycles. The minimum absolute atomic E-state index is 0.0256. The Morgan fingerprint density at radius 3 is 2.41 bits per heavy atom. The van der Waals surface area contributed by atoms with Gasteiger partial charge < -0.3 is 15.3 Å². The van der Waals surface area contributed by atoms with Crippen molar-refractivity contribution in [1.29, 1.82) is 0 Å². The van der Waals surface area contributed by atoms with Gasteiger partial charge in [-0.1, -0.05) is 24.3 Å². The van der Waals surface area contributed by atoms with Gasteiger partial charge in [0.05, 0.1) is 11.3 Å². The van der Waals surface area contributed by atoms with Crippen LogP contribution >= 0.6 is 0 Å². The first-order valence-electron chi connectivity index (χ1n) is 10.7. The maximum Gasteiger partial charge on any atom is 0.416 e. The fraction of sp³-hybridized carbons (Fsp3) is 0.231. The molecule has 0 aliphatic heterocycles. The van der Waals surface area contributed by atoms with E-state index in [0.717, 1.165) is 28.8 Å². The summed E-state index contributed by atoms with van der Waals surface area (Å²) in [6.07, 6.45) is -2.67. The van der Waals surface area contributed by atoms with Crippen LogP contribution in [0.25, 0.3) is 10.9 Å². The molecule has 0 aliphatic carbocycles. The number of phenolic OH excluding ortho intramolecular Hbond substituents is 1. The summed E-state index contributed by atoms with van der Waals surface area (Å²) in [6.45, 7) is 2.50. The number of hydrogen-bond acceptors (Lipinski definition) is 5. The fourth-order valence-corrected chi connectivity index (χ4v) is 3.78. The van der Waals surface area contributed by atoms with Gasteiger partial charge in [-0.15, -0.1) is 0 Å². The zero-order valence-corrected chi connectivity index (χ0v) is 19.1. The first kappa shape index (κ1) is 23.5. The highest BCUT2D eigenvalue weighted by atomic mass is 19.4. The predicted molar refractivity (Wildman–Crippen MR) is 127 cm³/mol. The third-order valence-corrected chi connectivity index (χ3v) is 5.45. The molecule has 0 atom stereocenters. The Morgan fingerprint density at radius 1 is 0.971 bits per heavy atom. The summed E-state index contributed by atoms with van der Waals surface area (Å²) in [4.78, 5) is 10.8. The molecule has 2 aromatic heterocycles. The Bertz CT molecular complexity index is 1340. The number of aromatic hydroxyl groups is 1. The second kappa shape index (κ2) is 9.30. The van der Waals surface area contributed by atoms with Gasteiger partial charge in [0.2, 0.25) is 0 Å². The largest absolute Gasteiger partial charge is 0.505 e. The van der Waals surface area contributed by atoms with Crippen LogP contribution in [0.3, 0.4) is 0 Å². The summed E-state index contributed by atoms with van der Waals surface area (Å²) in [5.41, 5.74) is 2.90. The number of anilines is 2. The molecule has 0 radical (unpaired) electrons. The molecule has 5 nitrogen and oxygen atoms in total. The van der Waals surface area contributed by atoms with Crippen LogP contribution in [0.5, 0.6) is 5.75 Å². The summed E-state index contributed by atoms with van der Waals surface area (Å²) in [5, 5.41) is 14.8. The van der Waals surface area contributed by atoms with Crippen LogP contribution in [0.4, 0.5) is 24.7 Å². The Balaban J connectivity index is 1.74. The highest BCUT2D eigenvalue weighted by Crippen LogP contribution is 2.36.